The molecule has 1 N–H and O–H groups in total. The molecule has 1 atom stereocenters. The van der Waals surface area contributed by atoms with Crippen LogP contribution in [0.1, 0.15) is 90.0 Å². The van der Waals surface area contributed by atoms with Gasteiger partial charge in [-0.15, -0.1) is 0 Å². The monoisotopic (exact) mass is 498 g/mol. The number of benzene rings is 1. The van der Waals surface area contributed by atoms with Gasteiger partial charge in [0.15, 0.2) is 0 Å². The van der Waals surface area contributed by atoms with Crippen LogP contribution in [0, 0.1) is 0 Å². The molecule has 2 fully saturated rings. The minimum Gasteiger partial charge on any atom is -0.494 e. The van der Waals surface area contributed by atoms with Gasteiger partial charge in [0.25, 0.3) is 0 Å². The highest BCUT2D eigenvalue weighted by Gasteiger charge is 2.30. The highest BCUT2D eigenvalue weighted by molar-refractivity contribution is 6.05. The summed E-state index contributed by atoms with van der Waals surface area (Å²) < 4.78 is 12.1. The molecule has 8 heteroatoms. The number of carbonyl (C=O) groups is 2. The van der Waals surface area contributed by atoms with Crippen molar-refractivity contribution in [2.75, 3.05) is 19.8 Å². The summed E-state index contributed by atoms with van der Waals surface area (Å²) in [6.07, 6.45) is 11.4. The molecule has 0 radical (unpaired) electrons. The first-order valence-electron chi connectivity index (χ1n) is 13.9. The number of fused-ring (bicyclic) bond motifs is 2. The molecule has 1 aromatic carbocycles. The summed E-state index contributed by atoms with van der Waals surface area (Å²) in [5, 5.41) is 2.78. The summed E-state index contributed by atoms with van der Waals surface area (Å²) in [5.41, 5.74) is 1.90. The van der Waals surface area contributed by atoms with E-state index in [1.165, 1.54) is 38.5 Å². The first-order valence-corrected chi connectivity index (χ1v) is 13.9. The van der Waals surface area contributed by atoms with Crippen molar-refractivity contribution >= 4 is 23.5 Å². The molecule has 0 aromatic heterocycles. The predicted octanol–water partition coefficient (Wildman–Crippen LogP) is 4.88. The standard InChI is InChI=1S/C28H42N4O4/c1-3-4-5-9-16-35-21(2)32(23-11-7-6-8-12-23)27(34)13-10-17-36-24-14-15-25-22(18-24)19-31-20-26(33)30-28(31)29-25/h14-15,18,21,23H,3-13,16-17,19-20H2,1-2H3,(H,29,30,33). The van der Waals surface area contributed by atoms with Crippen molar-refractivity contribution in [2.45, 2.75) is 103 Å². The number of hydrogen-bond acceptors (Lipinski definition) is 6. The van der Waals surface area contributed by atoms with Crippen molar-refractivity contribution in [3.63, 3.8) is 0 Å². The zero-order valence-corrected chi connectivity index (χ0v) is 22.0. The van der Waals surface area contributed by atoms with Crippen LogP contribution in [0.5, 0.6) is 5.75 Å². The molecule has 1 saturated heterocycles. The number of hydrogen-bond donors (Lipinski definition) is 1. The molecule has 2 aliphatic heterocycles. The smallest absolute Gasteiger partial charge is 0.246 e. The Kier molecular flexibility index (Phi) is 9.61. The van der Waals surface area contributed by atoms with Gasteiger partial charge in [-0.05, 0) is 50.8 Å². The van der Waals surface area contributed by atoms with Crippen LogP contribution < -0.4 is 10.1 Å². The fraction of sp³-hybridized carbons (Fsp3) is 0.679. The fourth-order valence-corrected chi connectivity index (χ4v) is 5.40. The molecular formula is C28H42N4O4. The average Bonchev–Trinajstić information content (AvgIpc) is 3.24. The molecule has 2 amide bonds. The summed E-state index contributed by atoms with van der Waals surface area (Å²) in [6, 6.07) is 6.11. The van der Waals surface area contributed by atoms with Gasteiger partial charge < -0.3 is 19.3 Å². The molecule has 3 aliphatic rings. The third-order valence-electron chi connectivity index (χ3n) is 7.33. The highest BCUT2D eigenvalue weighted by atomic mass is 16.5. The maximum atomic E-state index is 13.3. The van der Waals surface area contributed by atoms with Crippen LogP contribution in [0.2, 0.25) is 0 Å². The van der Waals surface area contributed by atoms with E-state index in [2.05, 4.69) is 17.2 Å². The fourth-order valence-electron chi connectivity index (χ4n) is 5.40. The average molecular weight is 499 g/mol. The lowest BCUT2D eigenvalue weighted by Crippen LogP contribution is -2.48. The van der Waals surface area contributed by atoms with Gasteiger partial charge in [0.2, 0.25) is 17.8 Å². The second-order valence-corrected chi connectivity index (χ2v) is 10.2. The van der Waals surface area contributed by atoms with Gasteiger partial charge in [-0.2, -0.15) is 0 Å². The van der Waals surface area contributed by atoms with Gasteiger partial charge in [-0.25, -0.2) is 4.99 Å². The number of guanidine groups is 1. The number of unbranched alkanes of at least 4 members (excludes halogenated alkanes) is 3. The molecule has 2 heterocycles. The molecule has 0 bridgehead atoms. The molecule has 8 nitrogen and oxygen atoms in total. The van der Waals surface area contributed by atoms with Crippen LogP contribution in [0.3, 0.4) is 0 Å². The van der Waals surface area contributed by atoms with E-state index >= 15 is 0 Å². The number of nitrogens with one attached hydrogen (secondary N) is 1. The highest BCUT2D eigenvalue weighted by Crippen LogP contribution is 2.31. The van der Waals surface area contributed by atoms with E-state index in [0.717, 1.165) is 36.3 Å². The molecule has 36 heavy (non-hydrogen) atoms. The lowest BCUT2D eigenvalue weighted by molar-refractivity contribution is -0.151. The largest absolute Gasteiger partial charge is 0.494 e. The zero-order chi connectivity index (χ0) is 25.3. The number of carbonyl (C=O) groups excluding carboxylic acids is 2. The van der Waals surface area contributed by atoms with Crippen LogP contribution >= 0.6 is 0 Å². The predicted molar refractivity (Wildman–Crippen MR) is 140 cm³/mol. The van der Waals surface area contributed by atoms with E-state index < -0.39 is 0 Å². The Hall–Kier alpha value is -2.61. The van der Waals surface area contributed by atoms with Gasteiger partial charge in [0.1, 0.15) is 18.5 Å². The third-order valence-corrected chi connectivity index (χ3v) is 7.33. The number of nitrogens with zero attached hydrogens (tertiary/aromatic N) is 3. The quantitative estimate of drug-likeness (QED) is 0.309. The second-order valence-electron chi connectivity index (χ2n) is 10.2. The summed E-state index contributed by atoms with van der Waals surface area (Å²) in [7, 11) is 0. The number of aliphatic imine (C=N–C) groups is 1. The molecule has 1 saturated carbocycles. The Morgan fingerprint density at radius 3 is 2.78 bits per heavy atom. The first-order chi connectivity index (χ1) is 17.5. The van der Waals surface area contributed by atoms with Crippen molar-refractivity contribution in [3.8, 4) is 5.75 Å². The van der Waals surface area contributed by atoms with Gasteiger partial charge in [-0.3, -0.25) is 14.9 Å². The molecular weight excluding hydrogens is 456 g/mol. The summed E-state index contributed by atoms with van der Waals surface area (Å²) in [6.45, 7) is 6.41. The van der Waals surface area contributed by atoms with E-state index in [9.17, 15) is 9.59 Å². The van der Waals surface area contributed by atoms with E-state index in [1.54, 1.807) is 0 Å². The number of rotatable bonds is 13. The minimum absolute atomic E-state index is 0.0267. The first kappa shape index (κ1) is 26.5. The Balaban J connectivity index is 1.25. The summed E-state index contributed by atoms with van der Waals surface area (Å²) in [4.78, 5) is 33.4. The Morgan fingerprint density at radius 2 is 1.97 bits per heavy atom. The van der Waals surface area contributed by atoms with Gasteiger partial charge >= 0.3 is 0 Å². The topological polar surface area (TPSA) is 83.5 Å². The van der Waals surface area contributed by atoms with E-state index in [1.807, 2.05) is 34.9 Å². The summed E-state index contributed by atoms with van der Waals surface area (Å²) in [5.74, 6) is 1.54. The Morgan fingerprint density at radius 1 is 1.14 bits per heavy atom. The van der Waals surface area contributed by atoms with E-state index in [0.29, 0.717) is 45.1 Å². The van der Waals surface area contributed by atoms with Crippen LogP contribution in [0.15, 0.2) is 23.2 Å². The van der Waals surface area contributed by atoms with Crippen molar-refractivity contribution in [1.82, 2.24) is 15.1 Å². The Labute approximate surface area is 215 Å². The SMILES string of the molecule is CCCCCCOC(C)N(C(=O)CCCOc1ccc2c(c1)CN1CC(=O)NC1=N2)C1CCCCC1. The maximum absolute atomic E-state index is 13.3. The Bertz CT molecular complexity index is 928. The van der Waals surface area contributed by atoms with Crippen molar-refractivity contribution < 1.29 is 19.1 Å². The van der Waals surface area contributed by atoms with Gasteiger partial charge in [0.05, 0.1) is 12.3 Å². The lowest BCUT2D eigenvalue weighted by atomic mass is 9.93. The van der Waals surface area contributed by atoms with Crippen LogP contribution in [-0.4, -0.2) is 59.6 Å². The molecule has 1 aromatic rings. The van der Waals surface area contributed by atoms with Gasteiger partial charge in [0, 0.05) is 31.2 Å². The van der Waals surface area contributed by atoms with Crippen LogP contribution in [0.4, 0.5) is 5.69 Å². The number of ether oxygens (including phenoxy) is 2. The summed E-state index contributed by atoms with van der Waals surface area (Å²) >= 11 is 0. The zero-order valence-electron chi connectivity index (χ0n) is 22.0. The number of amides is 2. The molecule has 1 aliphatic carbocycles. The maximum Gasteiger partial charge on any atom is 0.246 e. The molecule has 198 valence electrons. The van der Waals surface area contributed by atoms with E-state index in [-0.39, 0.29) is 24.1 Å². The van der Waals surface area contributed by atoms with Gasteiger partial charge in [-0.1, -0.05) is 45.4 Å². The van der Waals surface area contributed by atoms with Crippen molar-refractivity contribution in [1.29, 1.82) is 0 Å². The molecule has 1 unspecified atom stereocenters. The van der Waals surface area contributed by atoms with E-state index in [4.69, 9.17) is 9.47 Å². The minimum atomic E-state index is -0.179. The molecule has 4 rings (SSSR count). The third kappa shape index (κ3) is 6.99. The van der Waals surface area contributed by atoms with Crippen molar-refractivity contribution in [2.24, 2.45) is 4.99 Å². The van der Waals surface area contributed by atoms with Crippen LogP contribution in [-0.2, 0) is 20.9 Å². The molecule has 0 spiro atoms. The second kappa shape index (κ2) is 13.1. The van der Waals surface area contributed by atoms with Crippen molar-refractivity contribution in [3.05, 3.63) is 23.8 Å². The lowest BCUT2D eigenvalue weighted by Gasteiger charge is -2.38. The van der Waals surface area contributed by atoms with Crippen LogP contribution in [0.25, 0.3) is 0 Å². The normalized spacial score (nSPS) is 18.2.